The number of benzene rings is 1. The van der Waals surface area contributed by atoms with Gasteiger partial charge < -0.3 is 10.1 Å². The summed E-state index contributed by atoms with van der Waals surface area (Å²) in [6, 6.07) is 7.13. The van der Waals surface area contributed by atoms with Gasteiger partial charge in [-0.2, -0.15) is 10.6 Å². The number of nitrogens with zero attached hydrogens (tertiary/aromatic N) is 2. The summed E-state index contributed by atoms with van der Waals surface area (Å²) in [7, 11) is -2.75. The van der Waals surface area contributed by atoms with Gasteiger partial charge in [-0.05, 0) is 69.2 Å². The van der Waals surface area contributed by atoms with Crippen LogP contribution in [0.4, 0.5) is 0 Å². The Bertz CT molecular complexity index is 769. The largest absolute Gasteiger partial charge is 0.381 e. The van der Waals surface area contributed by atoms with Gasteiger partial charge >= 0.3 is 0 Å². The van der Waals surface area contributed by atoms with Crippen LogP contribution in [0.15, 0.2) is 51.2 Å². The van der Waals surface area contributed by atoms with Gasteiger partial charge in [-0.25, -0.2) is 4.99 Å². The monoisotopic (exact) mass is 419 g/mol. The summed E-state index contributed by atoms with van der Waals surface area (Å²) in [6.45, 7) is 8.25. The second kappa shape index (κ2) is 9.67. The van der Waals surface area contributed by atoms with Gasteiger partial charge in [-0.15, -0.1) is 0 Å². The van der Waals surface area contributed by atoms with Crippen LogP contribution in [0.2, 0.25) is 0 Å². The highest BCUT2D eigenvalue weighted by Gasteiger charge is 2.37. The van der Waals surface area contributed by atoms with Crippen LogP contribution in [0.1, 0.15) is 43.6 Å². The van der Waals surface area contributed by atoms with Gasteiger partial charge in [0.2, 0.25) is 5.91 Å². The Balaban J connectivity index is 1.81. The number of carbonyl (C=O) groups is 1. The zero-order valence-corrected chi connectivity index (χ0v) is 17.3. The molecule has 0 spiro atoms. The lowest BCUT2D eigenvalue weighted by Gasteiger charge is -2.33. The standard InChI is InChI=1S/C21H29N3O4S/c1-22-14-20(23-2)24-21(25)19(13-15-9-11-28-12-10-15)16-3-5-17(6-4-16)29(26,27)18-7-8-18/h3-6,14-15,18-19,26-27H,1-2,7-13H2,(H,24,25)/b20-14+/t19-/m1/s1. The lowest BCUT2D eigenvalue weighted by molar-refractivity contribution is -0.122. The first kappa shape index (κ1) is 21.7. The maximum atomic E-state index is 13.0. The van der Waals surface area contributed by atoms with Crippen molar-refractivity contribution < 1.29 is 18.6 Å². The molecular formula is C21H29N3O4S. The molecule has 1 amide bonds. The Hall–Kier alpha value is -2.00. The van der Waals surface area contributed by atoms with Crippen molar-refractivity contribution in [2.24, 2.45) is 15.9 Å². The van der Waals surface area contributed by atoms with E-state index in [-0.39, 0.29) is 17.0 Å². The predicted molar refractivity (Wildman–Crippen MR) is 117 cm³/mol. The van der Waals surface area contributed by atoms with Crippen molar-refractivity contribution >= 4 is 29.9 Å². The molecule has 8 heteroatoms. The smallest absolute Gasteiger partial charge is 0.233 e. The van der Waals surface area contributed by atoms with Crippen molar-refractivity contribution in [3.05, 3.63) is 41.8 Å². The van der Waals surface area contributed by atoms with Gasteiger partial charge in [-0.3, -0.25) is 18.9 Å². The minimum absolute atomic E-state index is 0.0348. The normalized spacial score (nSPS) is 20.0. The lowest BCUT2D eigenvalue weighted by Crippen LogP contribution is -2.30. The molecule has 1 saturated carbocycles. The molecule has 2 fully saturated rings. The van der Waals surface area contributed by atoms with E-state index in [1.54, 1.807) is 12.1 Å². The third kappa shape index (κ3) is 5.54. The van der Waals surface area contributed by atoms with E-state index in [9.17, 15) is 13.9 Å². The molecule has 0 aromatic heterocycles. The van der Waals surface area contributed by atoms with Crippen LogP contribution in [0, 0.1) is 5.92 Å². The average molecular weight is 420 g/mol. The molecule has 3 rings (SSSR count). The molecule has 1 aliphatic heterocycles. The molecule has 3 N–H and O–H groups in total. The highest BCUT2D eigenvalue weighted by atomic mass is 32.3. The minimum Gasteiger partial charge on any atom is -0.381 e. The van der Waals surface area contributed by atoms with Crippen LogP contribution >= 0.6 is 10.6 Å². The van der Waals surface area contributed by atoms with E-state index in [0.29, 0.717) is 30.4 Å². The molecule has 1 aromatic rings. The molecule has 2 aliphatic rings. The van der Waals surface area contributed by atoms with Gasteiger partial charge in [0.15, 0.2) is 0 Å². The quantitative estimate of drug-likeness (QED) is 0.523. The van der Waals surface area contributed by atoms with E-state index in [1.807, 2.05) is 12.1 Å². The van der Waals surface area contributed by atoms with E-state index < -0.39 is 16.5 Å². The SMILES string of the molecule is C=N/C=C(\N=C)NC(=O)[C@H](CC1CCOCC1)c1ccc(S(O)(O)C2CC2)cc1. The molecule has 1 heterocycles. The van der Waals surface area contributed by atoms with Crippen LogP contribution < -0.4 is 5.32 Å². The number of ether oxygens (including phenoxy) is 1. The van der Waals surface area contributed by atoms with Crippen LogP contribution in [0.25, 0.3) is 0 Å². The summed E-state index contributed by atoms with van der Waals surface area (Å²) < 4.78 is 26.3. The lowest BCUT2D eigenvalue weighted by atomic mass is 9.84. The van der Waals surface area contributed by atoms with Crippen molar-refractivity contribution in [3.63, 3.8) is 0 Å². The number of hydrogen-bond donors (Lipinski definition) is 3. The fraction of sp³-hybridized carbons (Fsp3) is 0.476. The van der Waals surface area contributed by atoms with Crippen LogP contribution in [-0.4, -0.2) is 46.9 Å². The second-order valence-electron chi connectivity index (χ2n) is 7.55. The average Bonchev–Trinajstić information content (AvgIpc) is 3.58. The first-order valence-corrected chi connectivity index (χ1v) is 11.4. The van der Waals surface area contributed by atoms with Crippen molar-refractivity contribution in [3.8, 4) is 0 Å². The molecule has 1 atom stereocenters. The van der Waals surface area contributed by atoms with Crippen molar-refractivity contribution in [2.45, 2.75) is 48.2 Å². The van der Waals surface area contributed by atoms with E-state index in [1.165, 1.54) is 6.20 Å². The van der Waals surface area contributed by atoms with Crippen molar-refractivity contribution in [1.29, 1.82) is 0 Å². The first-order chi connectivity index (χ1) is 14.0. The van der Waals surface area contributed by atoms with Gasteiger partial charge in [0.05, 0.1) is 22.3 Å². The second-order valence-corrected chi connectivity index (χ2v) is 9.87. The molecule has 158 valence electrons. The Morgan fingerprint density at radius 1 is 1.21 bits per heavy atom. The van der Waals surface area contributed by atoms with E-state index in [4.69, 9.17) is 4.74 Å². The van der Waals surface area contributed by atoms with Crippen LogP contribution in [0.3, 0.4) is 0 Å². The molecule has 7 nitrogen and oxygen atoms in total. The number of aliphatic imine (C=N–C) groups is 2. The molecule has 1 saturated heterocycles. The number of carbonyl (C=O) groups excluding carboxylic acids is 1. The van der Waals surface area contributed by atoms with Crippen LogP contribution in [0.5, 0.6) is 0 Å². The van der Waals surface area contributed by atoms with E-state index in [0.717, 1.165) is 31.2 Å². The van der Waals surface area contributed by atoms with Crippen molar-refractivity contribution in [1.82, 2.24) is 5.32 Å². The number of rotatable bonds is 9. The summed E-state index contributed by atoms with van der Waals surface area (Å²) >= 11 is 0. The maximum Gasteiger partial charge on any atom is 0.233 e. The topological polar surface area (TPSA) is 104 Å². The zero-order chi connectivity index (χ0) is 20.9. The molecule has 0 radical (unpaired) electrons. The van der Waals surface area contributed by atoms with Gasteiger partial charge in [0.1, 0.15) is 5.82 Å². The molecule has 1 aromatic carbocycles. The Morgan fingerprint density at radius 3 is 2.41 bits per heavy atom. The molecule has 29 heavy (non-hydrogen) atoms. The Labute approximate surface area is 173 Å². The zero-order valence-electron chi connectivity index (χ0n) is 16.5. The highest BCUT2D eigenvalue weighted by Crippen LogP contribution is 2.61. The summed E-state index contributed by atoms with van der Waals surface area (Å²) in [5.74, 6) is 0.0411. The molecule has 1 aliphatic carbocycles. The highest BCUT2D eigenvalue weighted by molar-refractivity contribution is 8.25. The van der Waals surface area contributed by atoms with Crippen LogP contribution in [-0.2, 0) is 9.53 Å². The van der Waals surface area contributed by atoms with Crippen molar-refractivity contribution in [2.75, 3.05) is 13.2 Å². The molecule has 0 bridgehead atoms. The fourth-order valence-corrected chi connectivity index (χ4v) is 5.33. The molecular weight excluding hydrogens is 390 g/mol. The molecule has 0 unspecified atom stereocenters. The predicted octanol–water partition coefficient (Wildman–Crippen LogP) is 4.18. The first-order valence-electron chi connectivity index (χ1n) is 9.84. The van der Waals surface area contributed by atoms with E-state index >= 15 is 0 Å². The number of nitrogens with one attached hydrogen (secondary N) is 1. The Morgan fingerprint density at radius 2 is 1.86 bits per heavy atom. The summed E-state index contributed by atoms with van der Waals surface area (Å²) in [5.41, 5.74) is 0.832. The van der Waals surface area contributed by atoms with Gasteiger partial charge in [0.25, 0.3) is 0 Å². The van der Waals surface area contributed by atoms with Gasteiger partial charge in [0, 0.05) is 13.2 Å². The number of hydrogen-bond acceptors (Lipinski definition) is 6. The summed E-state index contributed by atoms with van der Waals surface area (Å²) in [4.78, 5) is 21.0. The Kier molecular flexibility index (Phi) is 7.23. The summed E-state index contributed by atoms with van der Waals surface area (Å²) in [5, 5.41) is 2.73. The summed E-state index contributed by atoms with van der Waals surface area (Å²) in [6.07, 6.45) is 5.56. The third-order valence-electron chi connectivity index (χ3n) is 5.48. The fourth-order valence-electron chi connectivity index (χ4n) is 3.61. The minimum atomic E-state index is -2.75. The van der Waals surface area contributed by atoms with Gasteiger partial charge in [-0.1, -0.05) is 12.1 Å². The maximum absolute atomic E-state index is 13.0. The third-order valence-corrected chi connectivity index (χ3v) is 7.85. The number of amides is 1. The van der Waals surface area contributed by atoms with E-state index in [2.05, 4.69) is 28.7 Å².